The van der Waals surface area contributed by atoms with Crippen molar-refractivity contribution in [2.75, 3.05) is 5.32 Å². The van der Waals surface area contributed by atoms with Crippen molar-refractivity contribution in [3.8, 4) is 0 Å². The Kier molecular flexibility index (Phi) is 4.83. The number of hydrogen-bond donors (Lipinski definition) is 2. The molecule has 2 aromatic carbocycles. The molecule has 116 valence electrons. The minimum atomic E-state index is -0.414. The van der Waals surface area contributed by atoms with Gasteiger partial charge in [-0.25, -0.2) is 5.06 Å². The fourth-order valence-electron chi connectivity index (χ4n) is 2.17. The van der Waals surface area contributed by atoms with Gasteiger partial charge in [-0.05, 0) is 57.0 Å². The molecule has 2 N–H and O–H groups in total. The first-order chi connectivity index (χ1) is 10.4. The summed E-state index contributed by atoms with van der Waals surface area (Å²) in [5, 5.41) is 13.9. The quantitative estimate of drug-likeness (QED) is 0.654. The van der Waals surface area contributed by atoms with Crippen molar-refractivity contribution in [2.45, 2.75) is 33.7 Å². The number of benzene rings is 2. The van der Waals surface area contributed by atoms with Gasteiger partial charge < -0.3 is 5.32 Å². The highest BCUT2D eigenvalue weighted by Gasteiger charge is 2.19. The third-order valence-electron chi connectivity index (χ3n) is 3.73. The molecule has 4 nitrogen and oxygen atoms in total. The SMILES string of the molecule is Cc1cccc(Nc2ccccc2C(=O)N(O)C(C)C)c1C. The molecule has 2 aromatic rings. The Balaban J connectivity index is 2.37. The van der Waals surface area contributed by atoms with Gasteiger partial charge in [-0.3, -0.25) is 10.0 Å². The summed E-state index contributed by atoms with van der Waals surface area (Å²) in [7, 11) is 0. The number of rotatable bonds is 4. The van der Waals surface area contributed by atoms with E-state index in [0.29, 0.717) is 11.3 Å². The molecule has 0 fully saturated rings. The molecule has 0 aliphatic rings. The molecule has 0 unspecified atom stereocenters. The lowest BCUT2D eigenvalue weighted by molar-refractivity contribution is -0.0793. The summed E-state index contributed by atoms with van der Waals surface area (Å²) in [4.78, 5) is 12.4. The van der Waals surface area contributed by atoms with E-state index in [-0.39, 0.29) is 6.04 Å². The summed E-state index contributed by atoms with van der Waals surface area (Å²) in [6, 6.07) is 12.9. The van der Waals surface area contributed by atoms with Crippen molar-refractivity contribution in [3.05, 3.63) is 59.2 Å². The number of hydrogen-bond acceptors (Lipinski definition) is 3. The van der Waals surface area contributed by atoms with Gasteiger partial charge in [0.05, 0.1) is 17.3 Å². The lowest BCUT2D eigenvalue weighted by Crippen LogP contribution is -2.34. The van der Waals surface area contributed by atoms with E-state index in [2.05, 4.69) is 5.32 Å². The largest absolute Gasteiger partial charge is 0.355 e. The van der Waals surface area contributed by atoms with Crippen LogP contribution >= 0.6 is 0 Å². The van der Waals surface area contributed by atoms with Gasteiger partial charge in [0.1, 0.15) is 0 Å². The molecule has 4 heteroatoms. The van der Waals surface area contributed by atoms with Crippen molar-refractivity contribution in [1.29, 1.82) is 0 Å². The molecule has 0 radical (unpaired) electrons. The van der Waals surface area contributed by atoms with E-state index in [1.165, 1.54) is 5.56 Å². The Morgan fingerprint density at radius 2 is 1.68 bits per heavy atom. The van der Waals surface area contributed by atoms with Gasteiger partial charge in [0.25, 0.3) is 5.91 Å². The molecule has 0 heterocycles. The fourth-order valence-corrected chi connectivity index (χ4v) is 2.17. The molecule has 1 amide bonds. The van der Waals surface area contributed by atoms with E-state index in [0.717, 1.165) is 16.3 Å². The van der Waals surface area contributed by atoms with Crippen molar-refractivity contribution in [1.82, 2.24) is 5.06 Å². The van der Waals surface area contributed by atoms with Gasteiger partial charge >= 0.3 is 0 Å². The topological polar surface area (TPSA) is 52.6 Å². The van der Waals surface area contributed by atoms with Crippen LogP contribution in [0.15, 0.2) is 42.5 Å². The van der Waals surface area contributed by atoms with Crippen LogP contribution in [0.25, 0.3) is 0 Å². The highest BCUT2D eigenvalue weighted by molar-refractivity contribution is 5.99. The summed E-state index contributed by atoms with van der Waals surface area (Å²) in [5.41, 5.74) is 4.39. The Hall–Kier alpha value is -2.33. The number of hydroxylamine groups is 2. The van der Waals surface area contributed by atoms with Gasteiger partial charge in [0, 0.05) is 5.69 Å². The molecular formula is C18H22N2O2. The molecule has 0 saturated heterocycles. The number of nitrogens with one attached hydrogen (secondary N) is 1. The zero-order chi connectivity index (χ0) is 16.3. The van der Waals surface area contributed by atoms with Crippen LogP contribution in [0.2, 0.25) is 0 Å². The molecule has 22 heavy (non-hydrogen) atoms. The molecule has 0 atom stereocenters. The third kappa shape index (κ3) is 3.28. The Morgan fingerprint density at radius 1 is 1.05 bits per heavy atom. The maximum Gasteiger partial charge on any atom is 0.279 e. The Labute approximate surface area is 131 Å². The molecule has 0 aliphatic heterocycles. The number of aryl methyl sites for hydroxylation is 1. The van der Waals surface area contributed by atoms with Crippen LogP contribution < -0.4 is 5.32 Å². The van der Waals surface area contributed by atoms with Crippen LogP contribution in [0.3, 0.4) is 0 Å². The number of para-hydroxylation sites is 1. The predicted molar refractivity (Wildman–Crippen MR) is 88.7 cm³/mol. The number of amides is 1. The van der Waals surface area contributed by atoms with Crippen LogP contribution in [0.5, 0.6) is 0 Å². The van der Waals surface area contributed by atoms with Crippen LogP contribution in [-0.2, 0) is 0 Å². The maximum atomic E-state index is 12.4. The molecular weight excluding hydrogens is 276 g/mol. The molecule has 2 rings (SSSR count). The zero-order valence-electron chi connectivity index (χ0n) is 13.4. The second-order valence-electron chi connectivity index (χ2n) is 5.66. The van der Waals surface area contributed by atoms with Crippen molar-refractivity contribution in [2.24, 2.45) is 0 Å². The van der Waals surface area contributed by atoms with E-state index in [4.69, 9.17) is 0 Å². The van der Waals surface area contributed by atoms with Crippen molar-refractivity contribution < 1.29 is 10.0 Å². The summed E-state index contributed by atoms with van der Waals surface area (Å²) >= 11 is 0. The van der Waals surface area contributed by atoms with Gasteiger partial charge in [0.15, 0.2) is 0 Å². The molecule has 0 saturated carbocycles. The number of carbonyl (C=O) groups is 1. The van der Waals surface area contributed by atoms with Gasteiger partial charge in [0.2, 0.25) is 0 Å². The first-order valence-corrected chi connectivity index (χ1v) is 7.36. The van der Waals surface area contributed by atoms with Crippen LogP contribution in [0, 0.1) is 13.8 Å². The third-order valence-corrected chi connectivity index (χ3v) is 3.73. The summed E-state index contributed by atoms with van der Waals surface area (Å²) in [6.07, 6.45) is 0. The van der Waals surface area contributed by atoms with Crippen molar-refractivity contribution in [3.63, 3.8) is 0 Å². The maximum absolute atomic E-state index is 12.4. The summed E-state index contributed by atoms with van der Waals surface area (Å²) in [5.74, 6) is -0.414. The predicted octanol–water partition coefficient (Wildman–Crippen LogP) is 4.29. The standard InChI is InChI=1S/C18H22N2O2/c1-12(2)20(22)18(21)15-9-5-6-10-17(15)19-16-11-7-8-13(3)14(16)4/h5-12,19,22H,1-4H3. The normalized spacial score (nSPS) is 10.6. The van der Waals surface area contributed by atoms with E-state index >= 15 is 0 Å². The first-order valence-electron chi connectivity index (χ1n) is 7.36. The van der Waals surface area contributed by atoms with Crippen LogP contribution in [0.4, 0.5) is 11.4 Å². The van der Waals surface area contributed by atoms with Crippen LogP contribution in [-0.4, -0.2) is 22.2 Å². The number of anilines is 2. The van der Waals surface area contributed by atoms with Gasteiger partial charge in [-0.2, -0.15) is 0 Å². The molecule has 0 spiro atoms. The highest BCUT2D eigenvalue weighted by atomic mass is 16.5. The smallest absolute Gasteiger partial charge is 0.279 e. The van der Waals surface area contributed by atoms with E-state index in [9.17, 15) is 10.0 Å². The lowest BCUT2D eigenvalue weighted by atomic mass is 10.1. The molecule has 0 aromatic heterocycles. The first kappa shape index (κ1) is 16.0. The Morgan fingerprint density at radius 3 is 2.36 bits per heavy atom. The average Bonchev–Trinajstić information content (AvgIpc) is 2.51. The number of carbonyl (C=O) groups excluding carboxylic acids is 1. The monoisotopic (exact) mass is 298 g/mol. The average molecular weight is 298 g/mol. The van der Waals surface area contributed by atoms with E-state index in [1.807, 2.05) is 44.2 Å². The van der Waals surface area contributed by atoms with Gasteiger partial charge in [-0.1, -0.05) is 24.3 Å². The fraction of sp³-hybridized carbons (Fsp3) is 0.278. The minimum Gasteiger partial charge on any atom is -0.355 e. The second-order valence-corrected chi connectivity index (χ2v) is 5.66. The minimum absolute atomic E-state index is 0.277. The second kappa shape index (κ2) is 6.62. The van der Waals surface area contributed by atoms with Crippen LogP contribution in [0.1, 0.15) is 35.3 Å². The van der Waals surface area contributed by atoms with Gasteiger partial charge in [-0.15, -0.1) is 0 Å². The zero-order valence-corrected chi connectivity index (χ0v) is 13.4. The summed E-state index contributed by atoms with van der Waals surface area (Å²) in [6.45, 7) is 7.61. The summed E-state index contributed by atoms with van der Waals surface area (Å²) < 4.78 is 0. The van der Waals surface area contributed by atoms with E-state index in [1.54, 1.807) is 26.0 Å². The lowest BCUT2D eigenvalue weighted by Gasteiger charge is -2.21. The molecule has 0 bridgehead atoms. The Bertz CT molecular complexity index is 681. The number of nitrogens with zero attached hydrogens (tertiary/aromatic N) is 1. The highest BCUT2D eigenvalue weighted by Crippen LogP contribution is 2.26. The van der Waals surface area contributed by atoms with E-state index < -0.39 is 5.91 Å². The molecule has 0 aliphatic carbocycles. The van der Waals surface area contributed by atoms with Crippen molar-refractivity contribution >= 4 is 17.3 Å².